The molecule has 0 saturated carbocycles. The lowest BCUT2D eigenvalue weighted by Crippen LogP contribution is -2.13. The summed E-state index contributed by atoms with van der Waals surface area (Å²) in [6, 6.07) is 17.6. The second-order valence-electron chi connectivity index (χ2n) is 5.00. The minimum Gasteiger partial charge on any atom is -0.398 e. The summed E-state index contributed by atoms with van der Waals surface area (Å²) in [7, 11) is 0. The van der Waals surface area contributed by atoms with Gasteiger partial charge in [-0.05, 0) is 48.5 Å². The summed E-state index contributed by atoms with van der Waals surface area (Å²) < 4.78 is 0. The lowest BCUT2D eigenvalue weighted by molar-refractivity contribution is 0.102. The van der Waals surface area contributed by atoms with Crippen LogP contribution in [-0.2, 0) is 0 Å². The van der Waals surface area contributed by atoms with E-state index >= 15 is 0 Å². The van der Waals surface area contributed by atoms with E-state index in [0.29, 0.717) is 28.3 Å². The topological polar surface area (TPSA) is 92.7 Å². The van der Waals surface area contributed by atoms with Gasteiger partial charge in [-0.3, -0.25) is 9.78 Å². The number of pyridine rings is 1. The maximum Gasteiger partial charge on any atom is 0.257 e. The molecule has 1 amide bonds. The summed E-state index contributed by atoms with van der Waals surface area (Å²) in [6.07, 6.45) is 3.30. The molecule has 0 unspecified atom stereocenters. The number of carbonyl (C=O) groups excluding carboxylic acids is 1. The molecule has 0 fully saturated rings. The molecule has 0 spiro atoms. The van der Waals surface area contributed by atoms with Gasteiger partial charge in [0.15, 0.2) is 0 Å². The predicted octanol–water partition coefficient (Wildman–Crippen LogP) is 4.33. The highest BCUT2D eigenvalue weighted by Gasteiger charge is 2.08. The van der Waals surface area contributed by atoms with Crippen molar-refractivity contribution in [1.29, 1.82) is 0 Å². The van der Waals surface area contributed by atoms with E-state index in [9.17, 15) is 4.79 Å². The predicted molar refractivity (Wildman–Crippen MR) is 93.7 cm³/mol. The Labute approximate surface area is 139 Å². The number of nitrogens with two attached hydrogens (primary N) is 1. The molecule has 0 radical (unpaired) electrons. The number of nitrogens with zero attached hydrogens (tertiary/aromatic N) is 3. The van der Waals surface area contributed by atoms with Crippen molar-refractivity contribution >= 4 is 28.7 Å². The van der Waals surface area contributed by atoms with Crippen molar-refractivity contribution < 1.29 is 4.79 Å². The highest BCUT2D eigenvalue weighted by molar-refractivity contribution is 6.07. The molecule has 0 aliphatic carbocycles. The van der Waals surface area contributed by atoms with Crippen LogP contribution in [0, 0.1) is 0 Å². The van der Waals surface area contributed by atoms with E-state index in [4.69, 9.17) is 5.73 Å². The van der Waals surface area contributed by atoms with Gasteiger partial charge in [-0.1, -0.05) is 12.1 Å². The molecule has 0 aliphatic rings. The number of aromatic nitrogens is 1. The van der Waals surface area contributed by atoms with Crippen molar-refractivity contribution in [1.82, 2.24) is 4.98 Å². The van der Waals surface area contributed by atoms with Gasteiger partial charge in [0.1, 0.15) is 5.69 Å². The van der Waals surface area contributed by atoms with E-state index < -0.39 is 0 Å². The zero-order valence-electron chi connectivity index (χ0n) is 12.8. The van der Waals surface area contributed by atoms with E-state index in [1.807, 2.05) is 6.07 Å². The summed E-state index contributed by atoms with van der Waals surface area (Å²) in [5.41, 5.74) is 8.69. The van der Waals surface area contributed by atoms with Crippen molar-refractivity contribution in [2.75, 3.05) is 11.1 Å². The molecule has 118 valence electrons. The Bertz CT molecular complexity index is 860. The third kappa shape index (κ3) is 3.80. The van der Waals surface area contributed by atoms with Gasteiger partial charge in [0, 0.05) is 17.6 Å². The first kappa shape index (κ1) is 15.4. The molecule has 2 aromatic carbocycles. The maximum absolute atomic E-state index is 12.2. The van der Waals surface area contributed by atoms with Crippen LogP contribution in [0.3, 0.4) is 0 Å². The maximum atomic E-state index is 12.2. The molecule has 0 bridgehead atoms. The number of nitrogens with one attached hydrogen (secondary N) is 1. The molecule has 0 saturated heterocycles. The van der Waals surface area contributed by atoms with Crippen LogP contribution < -0.4 is 11.1 Å². The summed E-state index contributed by atoms with van der Waals surface area (Å²) in [5, 5.41) is 11.0. The van der Waals surface area contributed by atoms with Crippen molar-refractivity contribution in [3.63, 3.8) is 0 Å². The van der Waals surface area contributed by atoms with E-state index in [0.717, 1.165) is 0 Å². The quantitative estimate of drug-likeness (QED) is 0.554. The van der Waals surface area contributed by atoms with Crippen molar-refractivity contribution in [3.8, 4) is 0 Å². The van der Waals surface area contributed by atoms with E-state index in [2.05, 4.69) is 20.5 Å². The number of anilines is 2. The van der Waals surface area contributed by atoms with Gasteiger partial charge in [0.05, 0.1) is 17.4 Å². The number of amides is 1. The molecule has 3 N–H and O–H groups in total. The molecular formula is C18H15N5O. The molecule has 3 rings (SSSR count). The molecule has 0 atom stereocenters. The van der Waals surface area contributed by atoms with Gasteiger partial charge >= 0.3 is 0 Å². The molecule has 6 heteroatoms. The minimum atomic E-state index is -0.252. The Kier molecular flexibility index (Phi) is 4.57. The first-order chi connectivity index (χ1) is 11.7. The van der Waals surface area contributed by atoms with Crippen LogP contribution in [0.15, 0.2) is 83.3 Å². The smallest absolute Gasteiger partial charge is 0.257 e. The zero-order valence-corrected chi connectivity index (χ0v) is 12.8. The number of rotatable bonds is 4. The SMILES string of the molecule is Nc1ccccc1C(=O)Nc1ccc(/N=N/c2cccnc2)cc1. The Hall–Kier alpha value is -3.54. The van der Waals surface area contributed by atoms with Crippen LogP contribution >= 0.6 is 0 Å². The average Bonchev–Trinajstić information content (AvgIpc) is 2.62. The normalized spacial score (nSPS) is 10.7. The largest absolute Gasteiger partial charge is 0.398 e. The molecule has 24 heavy (non-hydrogen) atoms. The van der Waals surface area contributed by atoms with Gasteiger partial charge < -0.3 is 11.1 Å². The van der Waals surface area contributed by atoms with Crippen LogP contribution in [0.1, 0.15) is 10.4 Å². The monoisotopic (exact) mass is 317 g/mol. The second-order valence-corrected chi connectivity index (χ2v) is 5.00. The third-order valence-corrected chi connectivity index (χ3v) is 3.26. The highest BCUT2D eigenvalue weighted by atomic mass is 16.1. The first-order valence-electron chi connectivity index (χ1n) is 7.30. The Morgan fingerprint density at radius 1 is 0.917 bits per heavy atom. The van der Waals surface area contributed by atoms with Crippen LogP contribution in [-0.4, -0.2) is 10.9 Å². The summed E-state index contributed by atoms with van der Waals surface area (Å²) in [4.78, 5) is 16.2. The molecule has 3 aromatic rings. The number of azo groups is 1. The van der Waals surface area contributed by atoms with Crippen LogP contribution in [0.25, 0.3) is 0 Å². The van der Waals surface area contributed by atoms with Crippen LogP contribution in [0.4, 0.5) is 22.7 Å². The third-order valence-electron chi connectivity index (χ3n) is 3.26. The highest BCUT2D eigenvalue weighted by Crippen LogP contribution is 2.20. The average molecular weight is 317 g/mol. The minimum absolute atomic E-state index is 0.252. The molecular weight excluding hydrogens is 302 g/mol. The van der Waals surface area contributed by atoms with Crippen LogP contribution in [0.2, 0.25) is 0 Å². The number of carbonyl (C=O) groups is 1. The van der Waals surface area contributed by atoms with Gasteiger partial charge in [-0.25, -0.2) is 0 Å². The van der Waals surface area contributed by atoms with Gasteiger partial charge in [0.25, 0.3) is 5.91 Å². The summed E-state index contributed by atoms with van der Waals surface area (Å²) in [5.74, 6) is -0.252. The molecule has 1 heterocycles. The summed E-state index contributed by atoms with van der Waals surface area (Å²) in [6.45, 7) is 0. The zero-order chi connectivity index (χ0) is 16.8. The van der Waals surface area contributed by atoms with Gasteiger partial charge in [0.2, 0.25) is 0 Å². The second kappa shape index (κ2) is 7.15. The van der Waals surface area contributed by atoms with Crippen LogP contribution in [0.5, 0.6) is 0 Å². The van der Waals surface area contributed by atoms with Crippen molar-refractivity contribution in [3.05, 3.63) is 78.6 Å². The Morgan fingerprint density at radius 3 is 2.38 bits per heavy atom. The van der Waals surface area contributed by atoms with Gasteiger partial charge in [-0.15, -0.1) is 5.11 Å². The van der Waals surface area contributed by atoms with E-state index in [-0.39, 0.29) is 5.91 Å². The van der Waals surface area contributed by atoms with Crippen molar-refractivity contribution in [2.24, 2.45) is 10.2 Å². The Morgan fingerprint density at radius 2 is 1.67 bits per heavy atom. The Balaban J connectivity index is 1.68. The summed E-state index contributed by atoms with van der Waals surface area (Å²) >= 11 is 0. The number of hydrogen-bond donors (Lipinski definition) is 2. The standard InChI is InChI=1S/C18H15N5O/c19-17-6-2-1-5-16(17)18(24)21-13-7-9-14(10-8-13)22-23-15-4-3-11-20-12-15/h1-12H,19H2,(H,21,24)/b23-22+. The van der Waals surface area contributed by atoms with Gasteiger partial charge in [-0.2, -0.15) is 5.11 Å². The van der Waals surface area contributed by atoms with E-state index in [1.54, 1.807) is 67.0 Å². The molecule has 6 nitrogen and oxygen atoms in total. The lowest BCUT2D eigenvalue weighted by Gasteiger charge is -2.07. The van der Waals surface area contributed by atoms with Crippen molar-refractivity contribution in [2.45, 2.75) is 0 Å². The molecule has 0 aliphatic heterocycles. The fourth-order valence-electron chi connectivity index (χ4n) is 2.04. The fourth-order valence-corrected chi connectivity index (χ4v) is 2.04. The van der Waals surface area contributed by atoms with E-state index in [1.165, 1.54) is 0 Å². The first-order valence-corrected chi connectivity index (χ1v) is 7.30. The number of hydrogen-bond acceptors (Lipinski definition) is 5. The number of benzene rings is 2. The lowest BCUT2D eigenvalue weighted by atomic mass is 10.1. The fraction of sp³-hybridized carbons (Fsp3) is 0. The number of nitrogen functional groups attached to an aromatic ring is 1. The molecule has 1 aromatic heterocycles. The number of para-hydroxylation sites is 1.